The van der Waals surface area contributed by atoms with Crippen molar-refractivity contribution in [1.82, 2.24) is 14.9 Å². The maximum absolute atomic E-state index is 12.5. The summed E-state index contributed by atoms with van der Waals surface area (Å²) in [6.07, 6.45) is 2.93. The topological polar surface area (TPSA) is 102 Å². The van der Waals surface area contributed by atoms with Crippen LogP contribution in [-0.4, -0.2) is 67.5 Å². The lowest BCUT2D eigenvalue weighted by molar-refractivity contribution is 0.419. The lowest BCUT2D eigenvalue weighted by Crippen LogP contribution is -2.35. The van der Waals surface area contributed by atoms with E-state index in [0.29, 0.717) is 46.3 Å². The first kappa shape index (κ1) is 26.7. The molecule has 5 rings (SSSR count). The molecule has 2 aromatic heterocycles. The number of aromatic amines is 1. The van der Waals surface area contributed by atoms with E-state index < -0.39 is 10.0 Å². The van der Waals surface area contributed by atoms with Gasteiger partial charge in [0.2, 0.25) is 10.0 Å². The molecule has 0 saturated carbocycles. The number of nitrogens with one attached hydrogen (secondary N) is 1. The number of H-pyrrole nitrogens is 1. The number of sulfonamides is 1. The summed E-state index contributed by atoms with van der Waals surface area (Å²) < 4.78 is 26.3. The largest absolute Gasteiger partial charge is 0.494 e. The second-order valence-corrected chi connectivity index (χ2v) is 11.9. The van der Waals surface area contributed by atoms with Gasteiger partial charge in [0.05, 0.1) is 39.9 Å². The van der Waals surface area contributed by atoms with Gasteiger partial charge in [0, 0.05) is 40.6 Å². The van der Waals surface area contributed by atoms with Crippen LogP contribution in [0.3, 0.4) is 0 Å². The zero-order valence-electron chi connectivity index (χ0n) is 21.8. The Morgan fingerprint density at radius 1 is 1.03 bits per heavy atom. The Bertz CT molecular complexity index is 1800. The standard InChI is InChI=1S/C29H28ClN5O3S/c1-34(2)15-16-35(39(3,37)38)23-11-9-22(10-12-23)32-28(20-7-6-19-5-4-14-31-25(19)17-20)27-24-13-8-21(30)18-26(24)33-29(27)36/h4-14,17-18,33,36H,15-16H2,1-3H3. The third-order valence-electron chi connectivity index (χ3n) is 6.39. The molecular weight excluding hydrogens is 534 g/mol. The van der Waals surface area contributed by atoms with E-state index in [2.05, 4.69) is 9.97 Å². The predicted octanol–water partition coefficient (Wildman–Crippen LogP) is 5.57. The van der Waals surface area contributed by atoms with Crippen molar-refractivity contribution < 1.29 is 13.5 Å². The van der Waals surface area contributed by atoms with Gasteiger partial charge in [-0.25, -0.2) is 13.4 Å². The number of aliphatic imine (C=N–C) groups is 1. The predicted molar refractivity (Wildman–Crippen MR) is 159 cm³/mol. The molecule has 0 aliphatic carbocycles. The van der Waals surface area contributed by atoms with Crippen LogP contribution in [0.15, 0.2) is 84.0 Å². The molecule has 0 atom stereocenters. The molecule has 39 heavy (non-hydrogen) atoms. The van der Waals surface area contributed by atoms with Gasteiger partial charge in [-0.15, -0.1) is 0 Å². The number of benzene rings is 3. The first-order valence-corrected chi connectivity index (χ1v) is 14.5. The Hall–Kier alpha value is -3.92. The number of fused-ring (bicyclic) bond motifs is 2. The lowest BCUT2D eigenvalue weighted by Gasteiger charge is -2.24. The van der Waals surface area contributed by atoms with Gasteiger partial charge in [0.1, 0.15) is 0 Å². The molecule has 0 radical (unpaired) electrons. The summed E-state index contributed by atoms with van der Waals surface area (Å²) in [5.74, 6) is -0.0318. The number of hydrogen-bond donors (Lipinski definition) is 2. The van der Waals surface area contributed by atoms with Crippen molar-refractivity contribution in [2.24, 2.45) is 4.99 Å². The van der Waals surface area contributed by atoms with Gasteiger partial charge in [-0.3, -0.25) is 9.29 Å². The minimum atomic E-state index is -3.47. The minimum absolute atomic E-state index is 0.0318. The van der Waals surface area contributed by atoms with Gasteiger partial charge in [-0.2, -0.15) is 0 Å². The fraction of sp³-hybridized carbons (Fsp3) is 0.172. The van der Waals surface area contributed by atoms with Crippen LogP contribution in [0, 0.1) is 0 Å². The highest BCUT2D eigenvalue weighted by molar-refractivity contribution is 7.92. The molecule has 5 aromatic rings. The molecular formula is C29H28ClN5O3S. The van der Waals surface area contributed by atoms with E-state index in [-0.39, 0.29) is 5.88 Å². The summed E-state index contributed by atoms with van der Waals surface area (Å²) in [6, 6.07) is 22.1. The van der Waals surface area contributed by atoms with Gasteiger partial charge in [0.25, 0.3) is 0 Å². The number of aromatic nitrogens is 2. The highest BCUT2D eigenvalue weighted by Gasteiger charge is 2.20. The molecule has 0 spiro atoms. The molecule has 0 unspecified atom stereocenters. The number of likely N-dealkylation sites (N-methyl/N-ethyl adjacent to an activating group) is 1. The van der Waals surface area contributed by atoms with Crippen molar-refractivity contribution in [2.45, 2.75) is 0 Å². The second-order valence-electron chi connectivity index (χ2n) is 9.56. The van der Waals surface area contributed by atoms with E-state index in [9.17, 15) is 13.5 Å². The average molecular weight is 562 g/mol. The first-order valence-electron chi connectivity index (χ1n) is 12.3. The maximum Gasteiger partial charge on any atom is 0.232 e. The average Bonchev–Trinajstić information content (AvgIpc) is 3.21. The third-order valence-corrected chi connectivity index (χ3v) is 7.82. The molecule has 3 aromatic carbocycles. The molecule has 0 fully saturated rings. The zero-order valence-corrected chi connectivity index (χ0v) is 23.3. The van der Waals surface area contributed by atoms with Crippen molar-refractivity contribution in [2.75, 3.05) is 37.7 Å². The van der Waals surface area contributed by atoms with Crippen LogP contribution in [0.5, 0.6) is 5.88 Å². The fourth-order valence-corrected chi connectivity index (χ4v) is 5.56. The summed E-state index contributed by atoms with van der Waals surface area (Å²) in [5.41, 5.74) is 4.46. The molecule has 2 heterocycles. The van der Waals surface area contributed by atoms with E-state index >= 15 is 0 Å². The van der Waals surface area contributed by atoms with E-state index in [4.69, 9.17) is 16.6 Å². The first-order chi connectivity index (χ1) is 18.6. The smallest absolute Gasteiger partial charge is 0.232 e. The van der Waals surface area contributed by atoms with Gasteiger partial charge < -0.3 is 15.0 Å². The van der Waals surface area contributed by atoms with E-state index in [1.54, 1.807) is 42.6 Å². The van der Waals surface area contributed by atoms with E-state index in [0.717, 1.165) is 21.9 Å². The van der Waals surface area contributed by atoms with Crippen molar-refractivity contribution in [1.29, 1.82) is 0 Å². The normalized spacial score (nSPS) is 12.5. The number of hydrogen-bond acceptors (Lipinski definition) is 6. The highest BCUT2D eigenvalue weighted by Crippen LogP contribution is 2.34. The highest BCUT2D eigenvalue weighted by atomic mass is 35.5. The molecule has 0 saturated heterocycles. The SMILES string of the molecule is CN(C)CCN(c1ccc(N=C(c2ccc3cccnc3c2)c2c(O)[nH]c3cc(Cl)ccc23)cc1)S(C)(=O)=O. The van der Waals surface area contributed by atoms with Gasteiger partial charge in [-0.05, 0) is 62.6 Å². The van der Waals surface area contributed by atoms with Gasteiger partial charge >= 0.3 is 0 Å². The van der Waals surface area contributed by atoms with Crippen molar-refractivity contribution >= 4 is 60.5 Å². The molecule has 10 heteroatoms. The molecule has 0 bridgehead atoms. The Kier molecular flexibility index (Phi) is 7.31. The number of nitrogens with zero attached hydrogens (tertiary/aromatic N) is 4. The fourth-order valence-electron chi connectivity index (χ4n) is 4.47. The van der Waals surface area contributed by atoms with E-state index in [1.165, 1.54) is 10.6 Å². The number of aromatic hydroxyl groups is 1. The zero-order chi connectivity index (χ0) is 27.7. The Morgan fingerprint density at radius 3 is 2.51 bits per heavy atom. The van der Waals surface area contributed by atoms with Crippen LogP contribution >= 0.6 is 11.6 Å². The van der Waals surface area contributed by atoms with Crippen LogP contribution < -0.4 is 4.31 Å². The molecule has 0 aliphatic rings. The van der Waals surface area contributed by atoms with Crippen molar-refractivity contribution in [3.8, 4) is 5.88 Å². The quantitative estimate of drug-likeness (QED) is 0.241. The molecule has 2 N–H and O–H groups in total. The maximum atomic E-state index is 12.5. The number of anilines is 1. The third kappa shape index (κ3) is 5.75. The summed E-state index contributed by atoms with van der Waals surface area (Å²) in [6.45, 7) is 0.909. The second kappa shape index (κ2) is 10.7. The molecule has 0 aliphatic heterocycles. The van der Waals surface area contributed by atoms with Crippen molar-refractivity contribution in [3.63, 3.8) is 0 Å². The lowest BCUT2D eigenvalue weighted by atomic mass is 9.99. The van der Waals surface area contributed by atoms with Crippen LogP contribution in [0.25, 0.3) is 21.8 Å². The van der Waals surface area contributed by atoms with Gasteiger partial charge in [0.15, 0.2) is 5.88 Å². The number of pyridine rings is 1. The molecule has 0 amide bonds. The summed E-state index contributed by atoms with van der Waals surface area (Å²) in [5, 5.41) is 13.3. The monoisotopic (exact) mass is 561 g/mol. The Balaban J connectivity index is 1.64. The van der Waals surface area contributed by atoms with E-state index in [1.807, 2.05) is 55.4 Å². The summed E-state index contributed by atoms with van der Waals surface area (Å²) in [4.78, 5) is 14.4. The van der Waals surface area contributed by atoms with Crippen LogP contribution in [0.2, 0.25) is 5.02 Å². The van der Waals surface area contributed by atoms with Crippen LogP contribution in [-0.2, 0) is 10.0 Å². The minimum Gasteiger partial charge on any atom is -0.494 e. The van der Waals surface area contributed by atoms with Crippen LogP contribution in [0.1, 0.15) is 11.1 Å². The number of rotatable bonds is 8. The van der Waals surface area contributed by atoms with Gasteiger partial charge in [-0.1, -0.05) is 35.9 Å². The van der Waals surface area contributed by atoms with Crippen LogP contribution in [0.4, 0.5) is 11.4 Å². The Morgan fingerprint density at radius 2 is 1.79 bits per heavy atom. The Labute approximate surface area is 232 Å². The molecule has 8 nitrogen and oxygen atoms in total. The molecule has 200 valence electrons. The van der Waals surface area contributed by atoms with Crippen molar-refractivity contribution in [3.05, 3.63) is 95.1 Å². The summed E-state index contributed by atoms with van der Waals surface area (Å²) in [7, 11) is 0.332. The summed E-state index contributed by atoms with van der Waals surface area (Å²) >= 11 is 6.19. The number of halogens is 1.